The minimum atomic E-state index is -0.991. The maximum atomic E-state index is 12.9. The molecule has 0 aromatic heterocycles. The molecular formula is C25H34ClNO4. The van der Waals surface area contributed by atoms with Gasteiger partial charge in [-0.25, -0.2) is 0 Å². The van der Waals surface area contributed by atoms with Gasteiger partial charge in [-0.1, -0.05) is 50.8 Å². The Bertz CT molecular complexity index is 880. The topological polar surface area (TPSA) is 92.8 Å². The Morgan fingerprint density at radius 2 is 1.61 bits per heavy atom. The number of benzene rings is 2. The quantitative estimate of drug-likeness (QED) is 0.360. The first-order valence-electron chi connectivity index (χ1n) is 11.0. The number of rotatable bonds is 12. The maximum absolute atomic E-state index is 12.9. The van der Waals surface area contributed by atoms with E-state index in [0.29, 0.717) is 30.6 Å². The number of unbranched alkanes of at least 4 members (excludes halogenated alkanes) is 4. The lowest BCUT2D eigenvalue weighted by Crippen LogP contribution is -2.47. The van der Waals surface area contributed by atoms with Gasteiger partial charge in [-0.15, -0.1) is 12.4 Å². The molecule has 0 heterocycles. The van der Waals surface area contributed by atoms with Crippen LogP contribution in [-0.4, -0.2) is 41.4 Å². The van der Waals surface area contributed by atoms with Crippen molar-refractivity contribution in [2.45, 2.75) is 57.4 Å². The molecule has 2 aromatic rings. The molecule has 2 aromatic carbocycles. The van der Waals surface area contributed by atoms with E-state index in [1.807, 2.05) is 36.4 Å². The van der Waals surface area contributed by atoms with Gasteiger partial charge in [0, 0.05) is 11.1 Å². The minimum Gasteiger partial charge on any atom is -0.494 e. The third-order valence-electron chi connectivity index (χ3n) is 5.91. The van der Waals surface area contributed by atoms with E-state index in [9.17, 15) is 15.0 Å². The van der Waals surface area contributed by atoms with E-state index < -0.39 is 5.54 Å². The first-order chi connectivity index (χ1) is 14.5. The van der Waals surface area contributed by atoms with Gasteiger partial charge in [-0.2, -0.15) is 0 Å². The van der Waals surface area contributed by atoms with Crippen molar-refractivity contribution in [3.8, 4) is 16.9 Å². The average Bonchev–Trinajstić information content (AvgIpc) is 3.05. The molecule has 0 spiro atoms. The number of ether oxygens (including phenoxy) is 1. The van der Waals surface area contributed by atoms with Crippen LogP contribution in [0.2, 0.25) is 0 Å². The predicted molar refractivity (Wildman–Crippen MR) is 126 cm³/mol. The fraction of sp³-hybridized carbons (Fsp3) is 0.480. The first-order valence-corrected chi connectivity index (χ1v) is 11.0. The highest BCUT2D eigenvalue weighted by Gasteiger charge is 2.28. The Balaban J connectivity index is 0.00000341. The summed E-state index contributed by atoms with van der Waals surface area (Å²) in [5.41, 5.74) is 9.25. The summed E-state index contributed by atoms with van der Waals surface area (Å²) in [6.07, 6.45) is 7.01. The molecule has 31 heavy (non-hydrogen) atoms. The number of halogens is 1. The Morgan fingerprint density at radius 1 is 0.903 bits per heavy atom. The molecule has 170 valence electrons. The zero-order valence-corrected chi connectivity index (χ0v) is 19.0. The number of carbonyl (C=O) groups excluding carboxylic acids is 1. The molecule has 0 amide bonds. The van der Waals surface area contributed by atoms with E-state index in [2.05, 4.69) is 6.92 Å². The molecule has 3 rings (SSSR count). The Morgan fingerprint density at radius 3 is 2.32 bits per heavy atom. The number of carbonyl (C=O) groups is 1. The van der Waals surface area contributed by atoms with Crippen LogP contribution in [0, 0.1) is 0 Å². The Labute approximate surface area is 191 Å². The van der Waals surface area contributed by atoms with E-state index in [4.69, 9.17) is 10.5 Å². The number of fused-ring (bicyclic) bond motifs is 3. The number of aliphatic hydroxyl groups excluding tert-OH is 2. The molecule has 1 aliphatic rings. The molecule has 0 fully saturated rings. The number of aliphatic hydroxyl groups is 2. The predicted octanol–water partition coefficient (Wildman–Crippen LogP) is 4.28. The van der Waals surface area contributed by atoms with Crippen molar-refractivity contribution in [3.05, 3.63) is 53.1 Å². The Hall–Kier alpha value is -1.92. The van der Waals surface area contributed by atoms with E-state index in [1.165, 1.54) is 25.7 Å². The van der Waals surface area contributed by atoms with Crippen molar-refractivity contribution in [1.82, 2.24) is 0 Å². The lowest BCUT2D eigenvalue weighted by molar-refractivity contribution is 0.104. The number of ketones is 1. The summed E-state index contributed by atoms with van der Waals surface area (Å²) in [5.74, 6) is 0.767. The highest BCUT2D eigenvalue weighted by atomic mass is 35.5. The maximum Gasteiger partial charge on any atom is 0.194 e. The molecule has 0 saturated carbocycles. The normalized spacial score (nSPS) is 12.3. The minimum absolute atomic E-state index is 0. The molecule has 0 unspecified atom stereocenters. The molecule has 5 nitrogen and oxygen atoms in total. The van der Waals surface area contributed by atoms with Gasteiger partial charge in [-0.05, 0) is 54.2 Å². The summed E-state index contributed by atoms with van der Waals surface area (Å²) in [7, 11) is 0. The van der Waals surface area contributed by atoms with Gasteiger partial charge < -0.3 is 20.7 Å². The summed E-state index contributed by atoms with van der Waals surface area (Å²) in [6, 6.07) is 11.5. The second kappa shape index (κ2) is 11.6. The van der Waals surface area contributed by atoms with Gasteiger partial charge >= 0.3 is 0 Å². The summed E-state index contributed by atoms with van der Waals surface area (Å²) in [4.78, 5) is 12.9. The second-order valence-electron chi connectivity index (χ2n) is 8.36. The zero-order valence-electron chi connectivity index (χ0n) is 18.2. The summed E-state index contributed by atoms with van der Waals surface area (Å²) in [5, 5.41) is 18.8. The highest BCUT2D eigenvalue weighted by molar-refractivity contribution is 6.21. The molecule has 1 aliphatic carbocycles. The standard InChI is InChI=1S/C25H33NO4.ClH/c1-2-3-4-5-6-13-30-19-8-10-20-22-14-18(11-12-25(26,16-27)17-28)7-9-21(22)24(29)23(20)15-19;/h7-10,14-15,27-28H,2-6,11-13,16-17,26H2,1H3;1H. The van der Waals surface area contributed by atoms with Crippen molar-refractivity contribution in [2.75, 3.05) is 19.8 Å². The largest absolute Gasteiger partial charge is 0.494 e. The van der Waals surface area contributed by atoms with Crippen LogP contribution in [0.5, 0.6) is 5.75 Å². The van der Waals surface area contributed by atoms with Gasteiger partial charge in [-0.3, -0.25) is 4.79 Å². The molecule has 0 atom stereocenters. The van der Waals surface area contributed by atoms with E-state index >= 15 is 0 Å². The molecule has 0 aliphatic heterocycles. The van der Waals surface area contributed by atoms with Crippen LogP contribution in [0.4, 0.5) is 0 Å². The van der Waals surface area contributed by atoms with E-state index in [0.717, 1.165) is 28.9 Å². The lowest BCUT2D eigenvalue weighted by Gasteiger charge is -2.24. The average molecular weight is 448 g/mol. The SMILES string of the molecule is CCCCCCCOc1ccc2c(c1)C(=O)c1ccc(CCC(N)(CO)CO)cc1-2.Cl. The third-order valence-corrected chi connectivity index (χ3v) is 5.91. The van der Waals surface area contributed by atoms with Crippen molar-refractivity contribution in [1.29, 1.82) is 0 Å². The molecule has 6 heteroatoms. The monoisotopic (exact) mass is 447 g/mol. The summed E-state index contributed by atoms with van der Waals surface area (Å²) >= 11 is 0. The molecule has 0 saturated heterocycles. The van der Waals surface area contributed by atoms with E-state index in [1.54, 1.807) is 0 Å². The van der Waals surface area contributed by atoms with Crippen LogP contribution in [-0.2, 0) is 6.42 Å². The van der Waals surface area contributed by atoms with Crippen molar-refractivity contribution in [3.63, 3.8) is 0 Å². The molecule has 0 bridgehead atoms. The van der Waals surface area contributed by atoms with Crippen molar-refractivity contribution >= 4 is 18.2 Å². The number of aryl methyl sites for hydroxylation is 1. The van der Waals surface area contributed by atoms with Crippen LogP contribution < -0.4 is 10.5 Å². The zero-order chi connectivity index (χ0) is 21.6. The van der Waals surface area contributed by atoms with Gasteiger partial charge in [0.2, 0.25) is 0 Å². The molecule has 0 radical (unpaired) electrons. The van der Waals surface area contributed by atoms with Crippen molar-refractivity contribution < 1.29 is 19.7 Å². The first kappa shape index (κ1) is 25.3. The lowest BCUT2D eigenvalue weighted by atomic mass is 9.92. The third kappa shape index (κ3) is 6.07. The van der Waals surface area contributed by atoms with Gasteiger partial charge in [0.05, 0.1) is 25.4 Å². The highest BCUT2D eigenvalue weighted by Crippen LogP contribution is 2.39. The van der Waals surface area contributed by atoms with Gasteiger partial charge in [0.25, 0.3) is 0 Å². The molecule has 4 N–H and O–H groups in total. The van der Waals surface area contributed by atoms with Gasteiger partial charge in [0.15, 0.2) is 5.78 Å². The van der Waals surface area contributed by atoms with Crippen LogP contribution in [0.15, 0.2) is 36.4 Å². The summed E-state index contributed by atoms with van der Waals surface area (Å²) < 4.78 is 5.87. The fourth-order valence-electron chi connectivity index (χ4n) is 3.85. The fourth-order valence-corrected chi connectivity index (χ4v) is 3.85. The van der Waals surface area contributed by atoms with Crippen LogP contribution >= 0.6 is 12.4 Å². The molecular weight excluding hydrogens is 414 g/mol. The van der Waals surface area contributed by atoms with Crippen LogP contribution in [0.25, 0.3) is 11.1 Å². The number of hydrogen-bond acceptors (Lipinski definition) is 5. The number of hydrogen-bond donors (Lipinski definition) is 3. The Kier molecular flexibility index (Phi) is 9.51. The number of nitrogens with two attached hydrogens (primary N) is 1. The van der Waals surface area contributed by atoms with E-state index in [-0.39, 0.29) is 31.4 Å². The smallest absolute Gasteiger partial charge is 0.194 e. The van der Waals surface area contributed by atoms with Crippen LogP contribution in [0.3, 0.4) is 0 Å². The second-order valence-corrected chi connectivity index (χ2v) is 8.36. The van der Waals surface area contributed by atoms with Crippen LogP contribution in [0.1, 0.15) is 66.9 Å². The summed E-state index contributed by atoms with van der Waals surface area (Å²) in [6.45, 7) is 2.34. The van der Waals surface area contributed by atoms with Crippen molar-refractivity contribution in [2.24, 2.45) is 5.73 Å². The van der Waals surface area contributed by atoms with Gasteiger partial charge in [0.1, 0.15) is 5.75 Å².